The highest BCUT2D eigenvalue weighted by atomic mass is 35.5. The van der Waals surface area contributed by atoms with Crippen LogP contribution in [0.2, 0.25) is 10.0 Å². The number of hydrogen-bond donors (Lipinski definition) is 2. The lowest BCUT2D eigenvalue weighted by Crippen LogP contribution is -2.11. The molecule has 64 valence electrons. The Labute approximate surface area is 78.7 Å². The molecule has 0 saturated carbocycles. The maximum absolute atomic E-state index is 10.7. The summed E-state index contributed by atoms with van der Waals surface area (Å²) >= 11 is 11.1. The minimum Gasteiger partial charge on any atom is -0.507 e. The summed E-state index contributed by atoms with van der Waals surface area (Å²) in [6.45, 7) is 0. The van der Waals surface area contributed by atoms with Crippen LogP contribution >= 0.6 is 23.2 Å². The molecule has 0 aliphatic heterocycles. The zero-order valence-electron chi connectivity index (χ0n) is 5.84. The molecule has 1 rings (SSSR count). The lowest BCUT2D eigenvalue weighted by molar-refractivity contribution is 0.0998. The molecule has 3 nitrogen and oxygen atoms in total. The second-order valence-electron chi connectivity index (χ2n) is 2.15. The molecule has 0 unspecified atom stereocenters. The lowest BCUT2D eigenvalue weighted by atomic mass is 10.2. The zero-order valence-corrected chi connectivity index (χ0v) is 7.36. The van der Waals surface area contributed by atoms with Crippen molar-refractivity contribution < 1.29 is 9.90 Å². The second kappa shape index (κ2) is 3.21. The second-order valence-corrected chi connectivity index (χ2v) is 2.99. The molecule has 0 fully saturated rings. The van der Waals surface area contributed by atoms with Crippen LogP contribution in [-0.4, -0.2) is 11.0 Å². The van der Waals surface area contributed by atoms with Crippen molar-refractivity contribution >= 4 is 29.1 Å². The van der Waals surface area contributed by atoms with E-state index in [-0.39, 0.29) is 21.4 Å². The van der Waals surface area contributed by atoms with Gasteiger partial charge in [0.2, 0.25) is 0 Å². The van der Waals surface area contributed by atoms with E-state index in [0.717, 1.165) is 0 Å². The largest absolute Gasteiger partial charge is 0.507 e. The van der Waals surface area contributed by atoms with Crippen LogP contribution in [0.4, 0.5) is 0 Å². The number of phenols is 1. The summed E-state index contributed by atoms with van der Waals surface area (Å²) in [5.74, 6) is -1.09. The van der Waals surface area contributed by atoms with Gasteiger partial charge in [-0.2, -0.15) is 0 Å². The Bertz CT molecular complexity index is 315. The minimum atomic E-state index is -0.783. The van der Waals surface area contributed by atoms with Crippen LogP contribution in [0.5, 0.6) is 5.75 Å². The van der Waals surface area contributed by atoms with Crippen LogP contribution in [0.15, 0.2) is 12.1 Å². The van der Waals surface area contributed by atoms with E-state index in [9.17, 15) is 9.90 Å². The van der Waals surface area contributed by atoms with Crippen molar-refractivity contribution in [2.24, 2.45) is 5.73 Å². The van der Waals surface area contributed by atoms with Crippen LogP contribution in [0, 0.1) is 0 Å². The van der Waals surface area contributed by atoms with E-state index >= 15 is 0 Å². The van der Waals surface area contributed by atoms with Crippen molar-refractivity contribution in [1.82, 2.24) is 0 Å². The van der Waals surface area contributed by atoms with Crippen molar-refractivity contribution in [3.8, 4) is 5.75 Å². The van der Waals surface area contributed by atoms with E-state index < -0.39 is 5.91 Å². The van der Waals surface area contributed by atoms with E-state index in [1.54, 1.807) is 0 Å². The van der Waals surface area contributed by atoms with Crippen LogP contribution < -0.4 is 5.73 Å². The van der Waals surface area contributed by atoms with Gasteiger partial charge >= 0.3 is 0 Å². The van der Waals surface area contributed by atoms with E-state index in [1.807, 2.05) is 0 Å². The Morgan fingerprint density at radius 2 is 2.00 bits per heavy atom. The molecule has 0 aliphatic rings. The highest BCUT2D eigenvalue weighted by Crippen LogP contribution is 2.29. The number of primary amides is 1. The first-order valence-corrected chi connectivity index (χ1v) is 3.76. The molecule has 12 heavy (non-hydrogen) atoms. The van der Waals surface area contributed by atoms with Gasteiger partial charge in [0.15, 0.2) is 0 Å². The SMILES string of the molecule is NC(=O)c1c(O)cc(Cl)cc1Cl. The maximum Gasteiger partial charge on any atom is 0.253 e. The summed E-state index contributed by atoms with van der Waals surface area (Å²) in [7, 11) is 0. The number of hydrogen-bond acceptors (Lipinski definition) is 2. The van der Waals surface area contributed by atoms with Gasteiger partial charge in [-0.15, -0.1) is 0 Å². The molecule has 0 atom stereocenters. The van der Waals surface area contributed by atoms with Crippen molar-refractivity contribution in [2.75, 3.05) is 0 Å². The number of amides is 1. The van der Waals surface area contributed by atoms with Crippen molar-refractivity contribution in [1.29, 1.82) is 0 Å². The van der Waals surface area contributed by atoms with Crippen LogP contribution in [0.25, 0.3) is 0 Å². The molecule has 0 aromatic heterocycles. The van der Waals surface area contributed by atoms with Crippen molar-refractivity contribution in [2.45, 2.75) is 0 Å². The first-order chi connectivity index (χ1) is 5.52. The maximum atomic E-state index is 10.7. The fourth-order valence-corrected chi connectivity index (χ4v) is 1.38. The zero-order chi connectivity index (χ0) is 9.30. The summed E-state index contributed by atoms with van der Waals surface area (Å²) in [4.78, 5) is 10.7. The highest BCUT2D eigenvalue weighted by molar-refractivity contribution is 6.37. The Morgan fingerprint density at radius 3 is 2.42 bits per heavy atom. The van der Waals surface area contributed by atoms with Gasteiger partial charge in [0, 0.05) is 5.02 Å². The number of rotatable bonds is 1. The molecular weight excluding hydrogens is 201 g/mol. The van der Waals surface area contributed by atoms with E-state index in [0.29, 0.717) is 0 Å². The van der Waals surface area contributed by atoms with E-state index in [1.165, 1.54) is 12.1 Å². The number of benzene rings is 1. The number of carbonyl (C=O) groups excluding carboxylic acids is 1. The average molecular weight is 206 g/mol. The molecule has 0 saturated heterocycles. The third-order valence-electron chi connectivity index (χ3n) is 1.28. The number of nitrogens with two attached hydrogens (primary N) is 1. The molecule has 0 aliphatic carbocycles. The van der Waals surface area contributed by atoms with Gasteiger partial charge in [-0.3, -0.25) is 4.79 Å². The van der Waals surface area contributed by atoms with Crippen LogP contribution in [0.3, 0.4) is 0 Å². The predicted octanol–water partition coefficient (Wildman–Crippen LogP) is 1.80. The van der Waals surface area contributed by atoms with Gasteiger partial charge < -0.3 is 10.8 Å². The Morgan fingerprint density at radius 1 is 1.42 bits per heavy atom. The van der Waals surface area contributed by atoms with Crippen LogP contribution in [0.1, 0.15) is 10.4 Å². The first kappa shape index (κ1) is 9.16. The average Bonchev–Trinajstić information content (AvgIpc) is 1.82. The first-order valence-electron chi connectivity index (χ1n) is 3.00. The van der Waals surface area contributed by atoms with Gasteiger partial charge in [-0.25, -0.2) is 0 Å². The Balaban J connectivity index is 3.38. The molecule has 1 aromatic rings. The van der Waals surface area contributed by atoms with Gasteiger partial charge in [0.05, 0.1) is 10.6 Å². The highest BCUT2D eigenvalue weighted by Gasteiger charge is 2.12. The van der Waals surface area contributed by atoms with Crippen molar-refractivity contribution in [3.63, 3.8) is 0 Å². The standard InChI is InChI=1S/C7H5Cl2NO2/c8-3-1-4(9)6(7(10)12)5(11)2-3/h1-2,11H,(H2,10,12). The lowest BCUT2D eigenvalue weighted by Gasteiger charge is -2.02. The van der Waals surface area contributed by atoms with E-state index in [4.69, 9.17) is 28.9 Å². The Kier molecular flexibility index (Phi) is 2.45. The third kappa shape index (κ3) is 1.62. The van der Waals surface area contributed by atoms with E-state index in [2.05, 4.69) is 0 Å². The number of halogens is 2. The van der Waals surface area contributed by atoms with Crippen LogP contribution in [-0.2, 0) is 0 Å². The number of carbonyl (C=O) groups is 1. The molecule has 5 heteroatoms. The minimum absolute atomic E-state index is 0.0486. The molecule has 0 heterocycles. The normalized spacial score (nSPS) is 9.83. The van der Waals surface area contributed by atoms with Gasteiger partial charge in [0.25, 0.3) is 5.91 Å². The smallest absolute Gasteiger partial charge is 0.253 e. The third-order valence-corrected chi connectivity index (χ3v) is 1.80. The quantitative estimate of drug-likeness (QED) is 0.735. The Hall–Kier alpha value is -0.930. The topological polar surface area (TPSA) is 63.3 Å². The summed E-state index contributed by atoms with van der Waals surface area (Å²) in [5, 5.41) is 9.47. The fourth-order valence-electron chi connectivity index (χ4n) is 0.804. The summed E-state index contributed by atoms with van der Waals surface area (Å²) < 4.78 is 0. The number of aromatic hydroxyl groups is 1. The van der Waals surface area contributed by atoms with Gasteiger partial charge in [-0.05, 0) is 12.1 Å². The molecule has 0 radical (unpaired) electrons. The molecule has 1 aromatic carbocycles. The molecule has 1 amide bonds. The fraction of sp³-hybridized carbons (Fsp3) is 0. The monoisotopic (exact) mass is 205 g/mol. The summed E-state index contributed by atoms with van der Waals surface area (Å²) in [6.07, 6.45) is 0. The van der Waals surface area contributed by atoms with Gasteiger partial charge in [0.1, 0.15) is 5.75 Å². The summed E-state index contributed by atoms with van der Waals surface area (Å²) in [5.41, 5.74) is 4.83. The molecule has 3 N–H and O–H groups in total. The molecule has 0 bridgehead atoms. The molecule has 0 spiro atoms. The van der Waals surface area contributed by atoms with Gasteiger partial charge in [-0.1, -0.05) is 23.2 Å². The van der Waals surface area contributed by atoms with Crippen molar-refractivity contribution in [3.05, 3.63) is 27.7 Å². The summed E-state index contributed by atoms with van der Waals surface area (Å²) in [6, 6.07) is 2.54. The predicted molar refractivity (Wildman–Crippen MR) is 46.6 cm³/mol. The molecular formula is C7H5Cl2NO2.